The third-order valence-electron chi connectivity index (χ3n) is 3.66. The Morgan fingerprint density at radius 2 is 2.17 bits per heavy atom. The molecule has 100 valence electrons. The van der Waals surface area contributed by atoms with Crippen molar-refractivity contribution in [2.45, 2.75) is 13.0 Å². The van der Waals surface area contributed by atoms with Crippen molar-refractivity contribution in [1.29, 1.82) is 0 Å². The quantitative estimate of drug-likeness (QED) is 0.922. The number of piperazine rings is 1. The average molecular weight is 312 g/mol. The van der Waals surface area contributed by atoms with Crippen molar-refractivity contribution < 1.29 is 0 Å². The number of hydrogen-bond acceptors (Lipinski definition) is 3. The average Bonchev–Trinajstić information content (AvgIpc) is 2.33. The highest BCUT2D eigenvalue weighted by atomic mass is 79.9. The number of hydrogen-bond donors (Lipinski definition) is 1. The van der Waals surface area contributed by atoms with Crippen LogP contribution in [0.1, 0.15) is 5.56 Å². The van der Waals surface area contributed by atoms with Gasteiger partial charge in [0.2, 0.25) is 0 Å². The zero-order valence-corrected chi connectivity index (χ0v) is 13.0. The van der Waals surface area contributed by atoms with E-state index >= 15 is 0 Å². The Morgan fingerprint density at radius 3 is 2.83 bits per heavy atom. The first-order valence-corrected chi connectivity index (χ1v) is 7.27. The maximum atomic E-state index is 3.69. The minimum absolute atomic E-state index is 0.581. The first-order chi connectivity index (χ1) is 8.61. The maximum Gasteiger partial charge on any atom is 0.0511 e. The number of halogens is 1. The second kappa shape index (κ2) is 6.04. The minimum Gasteiger partial charge on any atom is -0.368 e. The van der Waals surface area contributed by atoms with Crippen LogP contribution in [0.15, 0.2) is 22.7 Å². The molecule has 0 aromatic heterocycles. The summed E-state index contributed by atoms with van der Waals surface area (Å²) in [6, 6.07) is 7.19. The summed E-state index contributed by atoms with van der Waals surface area (Å²) in [5.41, 5.74) is 2.61. The van der Waals surface area contributed by atoms with E-state index < -0.39 is 0 Å². The fourth-order valence-electron chi connectivity index (χ4n) is 2.49. The van der Waals surface area contributed by atoms with Gasteiger partial charge in [-0.05, 0) is 54.6 Å². The van der Waals surface area contributed by atoms with Crippen LogP contribution < -0.4 is 10.2 Å². The van der Waals surface area contributed by atoms with Crippen LogP contribution in [0, 0.1) is 6.92 Å². The predicted molar refractivity (Wildman–Crippen MR) is 81.4 cm³/mol. The number of benzene rings is 1. The van der Waals surface area contributed by atoms with Gasteiger partial charge < -0.3 is 10.2 Å². The highest BCUT2D eigenvalue weighted by molar-refractivity contribution is 9.10. The van der Waals surface area contributed by atoms with Crippen molar-refractivity contribution in [2.75, 3.05) is 45.2 Å². The topological polar surface area (TPSA) is 18.5 Å². The Labute approximate surface area is 118 Å². The van der Waals surface area contributed by atoms with E-state index in [1.165, 1.54) is 15.7 Å². The Bertz CT molecular complexity index is 408. The molecule has 0 aliphatic carbocycles. The van der Waals surface area contributed by atoms with Gasteiger partial charge in [0.05, 0.1) is 5.69 Å². The fourth-order valence-corrected chi connectivity index (χ4v) is 3.23. The molecule has 0 radical (unpaired) electrons. The molecule has 2 rings (SSSR count). The molecular formula is C14H22BrN3. The molecule has 1 fully saturated rings. The molecule has 3 nitrogen and oxygen atoms in total. The van der Waals surface area contributed by atoms with Gasteiger partial charge >= 0.3 is 0 Å². The van der Waals surface area contributed by atoms with Crippen molar-refractivity contribution in [3.05, 3.63) is 28.2 Å². The second-order valence-corrected chi connectivity index (χ2v) is 5.95. The smallest absolute Gasteiger partial charge is 0.0511 e. The second-order valence-electron chi connectivity index (χ2n) is 5.09. The molecule has 0 spiro atoms. The number of likely N-dealkylation sites (N-methyl/N-ethyl adjacent to an activating group) is 2. The van der Waals surface area contributed by atoms with Crippen LogP contribution in [0.4, 0.5) is 5.69 Å². The molecule has 1 aromatic carbocycles. The van der Waals surface area contributed by atoms with Crippen LogP contribution in [-0.4, -0.2) is 51.2 Å². The zero-order valence-electron chi connectivity index (χ0n) is 11.4. The molecule has 0 saturated carbocycles. The molecule has 0 bridgehead atoms. The summed E-state index contributed by atoms with van der Waals surface area (Å²) in [5, 5.41) is 3.28. The van der Waals surface area contributed by atoms with E-state index in [1.54, 1.807) is 0 Å². The van der Waals surface area contributed by atoms with Crippen molar-refractivity contribution in [1.82, 2.24) is 10.2 Å². The van der Waals surface area contributed by atoms with E-state index in [1.807, 2.05) is 7.05 Å². The van der Waals surface area contributed by atoms with Gasteiger partial charge in [0.15, 0.2) is 0 Å². The third kappa shape index (κ3) is 3.05. The lowest BCUT2D eigenvalue weighted by Gasteiger charge is -2.41. The summed E-state index contributed by atoms with van der Waals surface area (Å²) in [6.07, 6.45) is 0. The molecule has 1 atom stereocenters. The summed E-state index contributed by atoms with van der Waals surface area (Å²) in [6.45, 7) is 6.46. The Morgan fingerprint density at radius 1 is 1.39 bits per heavy atom. The summed E-state index contributed by atoms with van der Waals surface area (Å²) in [7, 11) is 4.23. The first kappa shape index (κ1) is 13.8. The lowest BCUT2D eigenvalue weighted by Crippen LogP contribution is -2.54. The molecular weight excluding hydrogens is 290 g/mol. The van der Waals surface area contributed by atoms with Gasteiger partial charge in [0.25, 0.3) is 0 Å². The standard InChI is InChI=1S/C14H22BrN3/c1-11-4-5-14(13(15)8-11)18-7-6-17(3)12(10-18)9-16-2/h4-5,8,12,16H,6-7,9-10H2,1-3H3. The molecule has 0 amide bonds. The number of aryl methyl sites for hydroxylation is 1. The van der Waals surface area contributed by atoms with Gasteiger partial charge in [0, 0.05) is 36.7 Å². The lowest BCUT2D eigenvalue weighted by atomic mass is 10.1. The SMILES string of the molecule is CNCC1CN(c2ccc(C)cc2Br)CCN1C. The number of nitrogens with zero attached hydrogens (tertiary/aromatic N) is 2. The third-order valence-corrected chi connectivity index (χ3v) is 4.30. The highest BCUT2D eigenvalue weighted by Gasteiger charge is 2.24. The Hall–Kier alpha value is -0.580. The van der Waals surface area contributed by atoms with Crippen LogP contribution in [0.25, 0.3) is 0 Å². The molecule has 1 heterocycles. The van der Waals surface area contributed by atoms with Gasteiger partial charge in [-0.15, -0.1) is 0 Å². The minimum atomic E-state index is 0.581. The summed E-state index contributed by atoms with van der Waals surface area (Å²) in [5.74, 6) is 0. The van der Waals surface area contributed by atoms with E-state index in [-0.39, 0.29) is 0 Å². The van der Waals surface area contributed by atoms with Crippen LogP contribution in [0.2, 0.25) is 0 Å². The summed E-state index contributed by atoms with van der Waals surface area (Å²) in [4.78, 5) is 4.92. The van der Waals surface area contributed by atoms with Gasteiger partial charge in [-0.1, -0.05) is 6.07 Å². The number of nitrogens with one attached hydrogen (secondary N) is 1. The first-order valence-electron chi connectivity index (χ1n) is 6.47. The largest absolute Gasteiger partial charge is 0.368 e. The fraction of sp³-hybridized carbons (Fsp3) is 0.571. The number of anilines is 1. The van der Waals surface area contributed by atoms with Gasteiger partial charge in [-0.25, -0.2) is 0 Å². The summed E-state index contributed by atoms with van der Waals surface area (Å²) < 4.78 is 1.20. The lowest BCUT2D eigenvalue weighted by molar-refractivity contribution is 0.216. The van der Waals surface area contributed by atoms with E-state index in [4.69, 9.17) is 0 Å². The predicted octanol–water partition coefficient (Wildman–Crippen LogP) is 2.10. The molecule has 1 saturated heterocycles. The van der Waals surface area contributed by atoms with Crippen LogP contribution in [0.5, 0.6) is 0 Å². The van der Waals surface area contributed by atoms with Gasteiger partial charge in [-0.3, -0.25) is 4.90 Å². The molecule has 1 aliphatic heterocycles. The monoisotopic (exact) mass is 311 g/mol. The molecule has 18 heavy (non-hydrogen) atoms. The van der Waals surface area contributed by atoms with E-state index in [2.05, 4.69) is 63.2 Å². The summed E-state index contributed by atoms with van der Waals surface area (Å²) >= 11 is 3.69. The Kier molecular flexibility index (Phi) is 4.65. The normalized spacial score (nSPS) is 21.3. The van der Waals surface area contributed by atoms with Crippen molar-refractivity contribution >= 4 is 21.6 Å². The van der Waals surface area contributed by atoms with Crippen LogP contribution in [-0.2, 0) is 0 Å². The van der Waals surface area contributed by atoms with Crippen LogP contribution >= 0.6 is 15.9 Å². The number of rotatable bonds is 3. The Balaban J connectivity index is 2.13. The van der Waals surface area contributed by atoms with Crippen molar-refractivity contribution in [3.8, 4) is 0 Å². The van der Waals surface area contributed by atoms with Gasteiger partial charge in [-0.2, -0.15) is 0 Å². The maximum absolute atomic E-state index is 3.69. The van der Waals surface area contributed by atoms with Crippen molar-refractivity contribution in [2.24, 2.45) is 0 Å². The molecule has 1 aliphatic rings. The van der Waals surface area contributed by atoms with Crippen molar-refractivity contribution in [3.63, 3.8) is 0 Å². The molecule has 1 unspecified atom stereocenters. The van der Waals surface area contributed by atoms with Gasteiger partial charge in [0.1, 0.15) is 0 Å². The van der Waals surface area contributed by atoms with E-state index in [0.717, 1.165) is 26.2 Å². The van der Waals surface area contributed by atoms with E-state index in [9.17, 15) is 0 Å². The molecule has 4 heteroatoms. The van der Waals surface area contributed by atoms with E-state index in [0.29, 0.717) is 6.04 Å². The molecule has 1 aromatic rings. The molecule has 1 N–H and O–H groups in total. The van der Waals surface area contributed by atoms with Crippen LogP contribution in [0.3, 0.4) is 0 Å². The zero-order chi connectivity index (χ0) is 13.1. The highest BCUT2D eigenvalue weighted by Crippen LogP contribution is 2.28.